The van der Waals surface area contributed by atoms with Crippen LogP contribution in [0.4, 0.5) is 9.18 Å². The Kier molecular flexibility index (Phi) is 6.46. The van der Waals surface area contributed by atoms with Gasteiger partial charge >= 0.3 is 6.09 Å². The molecule has 2 amide bonds. The number of hydrogen-bond acceptors (Lipinski definition) is 6. The lowest BCUT2D eigenvalue weighted by Gasteiger charge is -2.31. The van der Waals surface area contributed by atoms with Crippen LogP contribution in [0.3, 0.4) is 0 Å². The second kappa shape index (κ2) is 9.20. The molecule has 0 unspecified atom stereocenters. The van der Waals surface area contributed by atoms with Crippen LogP contribution in [0.15, 0.2) is 34.9 Å². The summed E-state index contributed by atoms with van der Waals surface area (Å²) in [6.07, 6.45) is 2.15. The number of nitrogens with zero attached hydrogens (tertiary/aromatic N) is 2. The van der Waals surface area contributed by atoms with Crippen molar-refractivity contribution in [2.45, 2.75) is 25.9 Å². The Hall–Kier alpha value is -3.10. The molecule has 2 aromatic rings. The summed E-state index contributed by atoms with van der Waals surface area (Å²) in [4.78, 5) is 24.7. The van der Waals surface area contributed by atoms with E-state index in [2.05, 4.69) is 5.16 Å². The molecule has 1 saturated heterocycles. The molecule has 0 radical (unpaired) electrons. The molecule has 3 rings (SSSR count). The number of halogens is 1. The average Bonchev–Trinajstić information content (AvgIpc) is 3.18. The van der Waals surface area contributed by atoms with E-state index in [4.69, 9.17) is 19.7 Å². The Morgan fingerprint density at radius 1 is 1.25 bits per heavy atom. The Balaban J connectivity index is 1.34. The number of carbonyl (C=O) groups is 2. The van der Waals surface area contributed by atoms with E-state index < -0.39 is 12.0 Å². The molecule has 0 bridgehead atoms. The summed E-state index contributed by atoms with van der Waals surface area (Å²) in [6.45, 7) is 1.64. The molecule has 28 heavy (non-hydrogen) atoms. The quantitative estimate of drug-likeness (QED) is 0.777. The highest BCUT2D eigenvalue weighted by Crippen LogP contribution is 2.22. The van der Waals surface area contributed by atoms with Crippen LogP contribution in [-0.4, -0.2) is 41.8 Å². The number of nitrogens with two attached hydrogens (primary N) is 1. The van der Waals surface area contributed by atoms with Gasteiger partial charge in [-0.15, -0.1) is 0 Å². The first-order valence-electron chi connectivity index (χ1n) is 9.06. The third-order valence-electron chi connectivity index (χ3n) is 4.63. The molecule has 1 aliphatic heterocycles. The van der Waals surface area contributed by atoms with Gasteiger partial charge in [0.25, 0.3) is 5.91 Å². The molecule has 0 aliphatic carbocycles. The minimum Gasteiger partial charge on any atom is -0.494 e. The average molecular weight is 391 g/mol. The van der Waals surface area contributed by atoms with Crippen LogP contribution in [-0.2, 0) is 11.3 Å². The summed E-state index contributed by atoms with van der Waals surface area (Å²) >= 11 is 0. The highest BCUT2D eigenvalue weighted by atomic mass is 19.1. The van der Waals surface area contributed by atoms with Gasteiger partial charge in [-0.1, -0.05) is 5.16 Å². The van der Waals surface area contributed by atoms with Gasteiger partial charge in [-0.25, -0.2) is 9.18 Å². The fraction of sp³-hybridized carbons (Fsp3) is 0.421. The van der Waals surface area contributed by atoms with E-state index in [-0.39, 0.29) is 23.9 Å². The van der Waals surface area contributed by atoms with Crippen molar-refractivity contribution in [1.82, 2.24) is 10.1 Å². The standard InChI is InChI=1S/C19H22FN3O5/c20-14-1-3-15(4-2-14)26-10-7-13-5-8-23(9-6-13)19(25)27-12-16-11-17(18(21)24)22-28-16/h1-4,11,13H,5-10,12H2,(H2,21,24). The van der Waals surface area contributed by atoms with Crippen molar-refractivity contribution in [2.24, 2.45) is 11.7 Å². The third-order valence-corrected chi connectivity index (χ3v) is 4.63. The molecule has 1 aliphatic rings. The number of hydrogen-bond donors (Lipinski definition) is 1. The van der Waals surface area contributed by atoms with Gasteiger partial charge in [0.05, 0.1) is 6.61 Å². The Morgan fingerprint density at radius 3 is 2.61 bits per heavy atom. The maximum absolute atomic E-state index is 12.9. The zero-order chi connectivity index (χ0) is 19.9. The second-order valence-electron chi connectivity index (χ2n) is 6.62. The summed E-state index contributed by atoms with van der Waals surface area (Å²) in [5.41, 5.74) is 5.08. The minimum atomic E-state index is -0.702. The van der Waals surface area contributed by atoms with Crippen LogP contribution < -0.4 is 10.5 Å². The number of ether oxygens (including phenoxy) is 2. The number of amides is 2. The van der Waals surface area contributed by atoms with E-state index in [1.807, 2.05) is 0 Å². The molecule has 8 nitrogen and oxygen atoms in total. The topological polar surface area (TPSA) is 108 Å². The van der Waals surface area contributed by atoms with Gasteiger partial charge in [-0.2, -0.15) is 0 Å². The molecule has 2 heterocycles. The van der Waals surface area contributed by atoms with Crippen LogP contribution in [0.5, 0.6) is 5.75 Å². The molecule has 0 spiro atoms. The first-order chi connectivity index (χ1) is 13.5. The van der Waals surface area contributed by atoms with Crippen LogP contribution in [0.1, 0.15) is 35.5 Å². The summed E-state index contributed by atoms with van der Waals surface area (Å²) in [5, 5.41) is 3.49. The number of carbonyl (C=O) groups excluding carboxylic acids is 2. The molecule has 0 atom stereocenters. The van der Waals surface area contributed by atoms with Crippen LogP contribution in [0, 0.1) is 11.7 Å². The normalized spacial score (nSPS) is 14.7. The maximum atomic E-state index is 12.9. The fourth-order valence-corrected chi connectivity index (χ4v) is 3.00. The van der Waals surface area contributed by atoms with Crippen LogP contribution in [0.2, 0.25) is 0 Å². The monoisotopic (exact) mass is 391 g/mol. The zero-order valence-corrected chi connectivity index (χ0v) is 15.3. The number of likely N-dealkylation sites (tertiary alicyclic amines) is 1. The van der Waals surface area contributed by atoms with E-state index >= 15 is 0 Å². The predicted octanol–water partition coefficient (Wildman–Crippen LogP) is 2.73. The van der Waals surface area contributed by atoms with Gasteiger partial charge in [0.15, 0.2) is 18.1 Å². The van der Waals surface area contributed by atoms with E-state index in [0.29, 0.717) is 31.4 Å². The molecule has 9 heteroatoms. The van der Waals surface area contributed by atoms with E-state index in [9.17, 15) is 14.0 Å². The van der Waals surface area contributed by atoms with E-state index in [1.165, 1.54) is 18.2 Å². The molecule has 0 saturated carbocycles. The van der Waals surface area contributed by atoms with Gasteiger partial charge in [0.1, 0.15) is 11.6 Å². The number of piperidine rings is 1. The highest BCUT2D eigenvalue weighted by molar-refractivity contribution is 5.90. The van der Waals surface area contributed by atoms with Crippen LogP contribution in [0.25, 0.3) is 0 Å². The summed E-state index contributed by atoms with van der Waals surface area (Å²) in [5.74, 6) is 0.372. The maximum Gasteiger partial charge on any atom is 0.410 e. The van der Waals surface area contributed by atoms with Crippen molar-refractivity contribution in [3.63, 3.8) is 0 Å². The molecule has 1 aromatic carbocycles. The van der Waals surface area contributed by atoms with Gasteiger partial charge in [-0.05, 0) is 49.4 Å². The van der Waals surface area contributed by atoms with Gasteiger partial charge in [0, 0.05) is 19.2 Å². The summed E-state index contributed by atoms with van der Waals surface area (Å²) < 4.78 is 28.6. The lowest BCUT2D eigenvalue weighted by molar-refractivity contribution is 0.0732. The molecule has 1 aromatic heterocycles. The van der Waals surface area contributed by atoms with Crippen molar-refractivity contribution in [2.75, 3.05) is 19.7 Å². The molecule has 150 valence electrons. The Morgan fingerprint density at radius 2 is 1.96 bits per heavy atom. The second-order valence-corrected chi connectivity index (χ2v) is 6.62. The van der Waals surface area contributed by atoms with Gasteiger partial charge in [-0.3, -0.25) is 4.79 Å². The van der Waals surface area contributed by atoms with E-state index in [0.717, 1.165) is 19.3 Å². The molecule has 2 N–H and O–H groups in total. The Labute approximate surface area is 161 Å². The molecule has 1 fully saturated rings. The van der Waals surface area contributed by atoms with Gasteiger partial charge < -0.3 is 24.6 Å². The Bertz CT molecular complexity index is 800. The largest absolute Gasteiger partial charge is 0.494 e. The van der Waals surface area contributed by atoms with Crippen molar-refractivity contribution in [1.29, 1.82) is 0 Å². The lowest BCUT2D eigenvalue weighted by Crippen LogP contribution is -2.39. The molecular weight excluding hydrogens is 369 g/mol. The number of aromatic nitrogens is 1. The zero-order valence-electron chi connectivity index (χ0n) is 15.3. The first-order valence-corrected chi connectivity index (χ1v) is 9.06. The fourth-order valence-electron chi connectivity index (χ4n) is 3.00. The smallest absolute Gasteiger partial charge is 0.410 e. The van der Waals surface area contributed by atoms with Crippen molar-refractivity contribution in [3.8, 4) is 5.75 Å². The first kappa shape index (κ1) is 19.7. The van der Waals surface area contributed by atoms with Crippen molar-refractivity contribution < 1.29 is 28.0 Å². The highest BCUT2D eigenvalue weighted by Gasteiger charge is 2.24. The van der Waals surface area contributed by atoms with Crippen molar-refractivity contribution >= 4 is 12.0 Å². The summed E-state index contributed by atoms with van der Waals surface area (Å²) in [6, 6.07) is 7.30. The summed E-state index contributed by atoms with van der Waals surface area (Å²) in [7, 11) is 0. The molecular formula is C19H22FN3O5. The minimum absolute atomic E-state index is 0.00489. The third kappa shape index (κ3) is 5.45. The number of benzene rings is 1. The SMILES string of the molecule is NC(=O)c1cc(COC(=O)N2CCC(CCOc3ccc(F)cc3)CC2)on1. The van der Waals surface area contributed by atoms with E-state index in [1.54, 1.807) is 17.0 Å². The number of primary amides is 1. The van der Waals surface area contributed by atoms with Gasteiger partial charge in [0.2, 0.25) is 0 Å². The van der Waals surface area contributed by atoms with Crippen LogP contribution >= 0.6 is 0 Å². The number of rotatable bonds is 7. The predicted molar refractivity (Wildman–Crippen MR) is 96.0 cm³/mol. The van der Waals surface area contributed by atoms with Crippen molar-refractivity contribution in [3.05, 3.63) is 47.6 Å². The lowest BCUT2D eigenvalue weighted by atomic mass is 9.94.